The number of rotatable bonds is 4. The van der Waals surface area contributed by atoms with Crippen molar-refractivity contribution in [1.82, 2.24) is 14.5 Å². The fourth-order valence-electron chi connectivity index (χ4n) is 2.10. The van der Waals surface area contributed by atoms with Gasteiger partial charge < -0.3 is 5.32 Å². The minimum Gasteiger partial charge on any atom is -0.377 e. The van der Waals surface area contributed by atoms with Gasteiger partial charge in [-0.2, -0.15) is 0 Å². The van der Waals surface area contributed by atoms with Gasteiger partial charge in [-0.25, -0.2) is 9.97 Å². The number of benzene rings is 1. The Morgan fingerprint density at radius 3 is 2.57 bits per heavy atom. The number of hydrogen-bond acceptors (Lipinski definition) is 3. The third-order valence-electron chi connectivity index (χ3n) is 3.27. The highest BCUT2D eigenvalue weighted by atomic mass is 79.9. The molecule has 0 bridgehead atoms. The molecule has 1 unspecified atom stereocenters. The fourth-order valence-corrected chi connectivity index (χ4v) is 2.37. The molecule has 0 saturated carbocycles. The zero-order valence-electron chi connectivity index (χ0n) is 11.6. The second kappa shape index (κ2) is 6.10. The zero-order valence-corrected chi connectivity index (χ0v) is 13.2. The lowest BCUT2D eigenvalue weighted by atomic mass is 10.1. The highest BCUT2D eigenvalue weighted by Crippen LogP contribution is 2.21. The van der Waals surface area contributed by atoms with Gasteiger partial charge in [-0.15, -0.1) is 0 Å². The molecule has 5 heteroatoms. The highest BCUT2D eigenvalue weighted by molar-refractivity contribution is 9.10. The van der Waals surface area contributed by atoms with Crippen LogP contribution in [-0.2, 0) is 0 Å². The van der Waals surface area contributed by atoms with Crippen molar-refractivity contribution in [3.05, 3.63) is 71.4 Å². The SMILES string of the molecule is CC(Nc1ccc(-n2ccnc2)nc1)c1ccc(Br)cc1. The van der Waals surface area contributed by atoms with E-state index >= 15 is 0 Å². The molecule has 2 heterocycles. The molecule has 0 saturated heterocycles. The van der Waals surface area contributed by atoms with Crippen LogP contribution in [0.5, 0.6) is 0 Å². The first-order valence-corrected chi connectivity index (χ1v) is 7.48. The minimum absolute atomic E-state index is 0.221. The molecular weight excluding hydrogens is 328 g/mol. The van der Waals surface area contributed by atoms with Gasteiger partial charge in [0, 0.05) is 22.9 Å². The second-order valence-corrected chi connectivity index (χ2v) is 5.71. The molecule has 2 aromatic heterocycles. The Hall–Kier alpha value is -2.14. The molecule has 106 valence electrons. The average Bonchev–Trinajstić information content (AvgIpc) is 3.03. The van der Waals surface area contributed by atoms with Crippen molar-refractivity contribution in [2.45, 2.75) is 13.0 Å². The van der Waals surface area contributed by atoms with Crippen molar-refractivity contribution in [2.24, 2.45) is 0 Å². The van der Waals surface area contributed by atoms with Gasteiger partial charge in [0.2, 0.25) is 0 Å². The summed E-state index contributed by atoms with van der Waals surface area (Å²) in [6.07, 6.45) is 7.19. The Bertz CT molecular complexity index is 690. The predicted molar refractivity (Wildman–Crippen MR) is 87.5 cm³/mol. The normalized spacial score (nSPS) is 12.1. The first-order chi connectivity index (χ1) is 10.2. The van der Waals surface area contributed by atoms with E-state index in [0.717, 1.165) is 16.0 Å². The van der Waals surface area contributed by atoms with Crippen molar-refractivity contribution < 1.29 is 0 Å². The number of anilines is 1. The van der Waals surface area contributed by atoms with Crippen LogP contribution in [0.1, 0.15) is 18.5 Å². The van der Waals surface area contributed by atoms with Crippen LogP contribution in [0.3, 0.4) is 0 Å². The van der Waals surface area contributed by atoms with Gasteiger partial charge >= 0.3 is 0 Å². The molecule has 3 rings (SSSR count). The van der Waals surface area contributed by atoms with Gasteiger partial charge in [0.1, 0.15) is 12.1 Å². The Morgan fingerprint density at radius 1 is 1.14 bits per heavy atom. The average molecular weight is 343 g/mol. The summed E-state index contributed by atoms with van der Waals surface area (Å²) >= 11 is 3.45. The van der Waals surface area contributed by atoms with Crippen molar-refractivity contribution >= 4 is 21.6 Å². The molecule has 21 heavy (non-hydrogen) atoms. The maximum Gasteiger partial charge on any atom is 0.137 e. The van der Waals surface area contributed by atoms with E-state index in [1.807, 2.05) is 41.2 Å². The van der Waals surface area contributed by atoms with Gasteiger partial charge in [-0.05, 0) is 36.8 Å². The summed E-state index contributed by atoms with van der Waals surface area (Å²) in [6.45, 7) is 2.13. The summed E-state index contributed by atoms with van der Waals surface area (Å²) in [7, 11) is 0. The molecule has 1 N–H and O–H groups in total. The number of imidazole rings is 1. The Balaban J connectivity index is 1.71. The van der Waals surface area contributed by atoms with E-state index in [2.05, 4.69) is 50.3 Å². The first kappa shape index (κ1) is 13.8. The maximum atomic E-state index is 4.43. The van der Waals surface area contributed by atoms with Crippen molar-refractivity contribution in [3.63, 3.8) is 0 Å². The number of nitrogens with zero attached hydrogens (tertiary/aromatic N) is 3. The van der Waals surface area contributed by atoms with E-state index in [0.29, 0.717) is 0 Å². The third-order valence-corrected chi connectivity index (χ3v) is 3.80. The van der Waals surface area contributed by atoms with E-state index in [9.17, 15) is 0 Å². The number of pyridine rings is 1. The van der Waals surface area contributed by atoms with Crippen molar-refractivity contribution in [3.8, 4) is 5.82 Å². The third kappa shape index (κ3) is 3.31. The van der Waals surface area contributed by atoms with Crippen LogP contribution in [0.4, 0.5) is 5.69 Å². The second-order valence-electron chi connectivity index (χ2n) is 4.79. The van der Waals surface area contributed by atoms with Gasteiger partial charge in [-0.1, -0.05) is 28.1 Å². The molecule has 0 amide bonds. The van der Waals surface area contributed by atoms with Crippen LogP contribution in [0.2, 0.25) is 0 Å². The van der Waals surface area contributed by atoms with Crippen LogP contribution in [0.25, 0.3) is 5.82 Å². The lowest BCUT2D eigenvalue weighted by Crippen LogP contribution is -2.07. The van der Waals surface area contributed by atoms with Crippen LogP contribution in [0.15, 0.2) is 65.8 Å². The highest BCUT2D eigenvalue weighted by Gasteiger charge is 2.05. The molecule has 0 aliphatic heterocycles. The fraction of sp³-hybridized carbons (Fsp3) is 0.125. The topological polar surface area (TPSA) is 42.7 Å². The smallest absolute Gasteiger partial charge is 0.137 e. The molecule has 4 nitrogen and oxygen atoms in total. The summed E-state index contributed by atoms with van der Waals surface area (Å²) < 4.78 is 2.96. The van der Waals surface area contributed by atoms with Crippen molar-refractivity contribution in [1.29, 1.82) is 0 Å². The van der Waals surface area contributed by atoms with Crippen LogP contribution in [-0.4, -0.2) is 14.5 Å². The Labute approximate surface area is 132 Å². The summed E-state index contributed by atoms with van der Waals surface area (Å²) in [4.78, 5) is 8.45. The summed E-state index contributed by atoms with van der Waals surface area (Å²) in [5.74, 6) is 0.856. The Morgan fingerprint density at radius 2 is 1.95 bits per heavy atom. The van der Waals surface area contributed by atoms with E-state index in [4.69, 9.17) is 0 Å². The molecule has 0 aliphatic carbocycles. The van der Waals surface area contributed by atoms with E-state index in [1.165, 1.54) is 5.56 Å². The van der Waals surface area contributed by atoms with Crippen LogP contribution >= 0.6 is 15.9 Å². The standard InChI is InChI=1S/C16H15BrN4/c1-12(13-2-4-14(17)5-3-13)20-15-6-7-16(19-10-15)21-9-8-18-11-21/h2-12,20H,1H3. The van der Waals surface area contributed by atoms with Gasteiger partial charge in [0.25, 0.3) is 0 Å². The molecule has 3 aromatic rings. The van der Waals surface area contributed by atoms with Crippen molar-refractivity contribution in [2.75, 3.05) is 5.32 Å². The summed E-state index contributed by atoms with van der Waals surface area (Å²) in [6, 6.07) is 12.5. The lowest BCUT2D eigenvalue weighted by molar-refractivity contribution is 0.880. The van der Waals surface area contributed by atoms with Gasteiger partial charge in [-0.3, -0.25) is 4.57 Å². The minimum atomic E-state index is 0.221. The molecule has 1 aromatic carbocycles. The van der Waals surface area contributed by atoms with E-state index in [1.54, 1.807) is 12.5 Å². The largest absolute Gasteiger partial charge is 0.377 e. The molecule has 0 radical (unpaired) electrons. The predicted octanol–water partition coefficient (Wildman–Crippen LogP) is 4.20. The molecule has 1 atom stereocenters. The van der Waals surface area contributed by atoms with E-state index < -0.39 is 0 Å². The maximum absolute atomic E-state index is 4.43. The van der Waals surface area contributed by atoms with Gasteiger partial charge in [0.05, 0.1) is 11.9 Å². The van der Waals surface area contributed by atoms with Crippen LogP contribution in [0, 0.1) is 0 Å². The summed E-state index contributed by atoms with van der Waals surface area (Å²) in [5.41, 5.74) is 2.23. The molecule has 0 spiro atoms. The molecule has 0 aliphatic rings. The zero-order chi connectivity index (χ0) is 14.7. The number of aromatic nitrogens is 3. The first-order valence-electron chi connectivity index (χ1n) is 6.69. The quantitative estimate of drug-likeness (QED) is 0.772. The monoisotopic (exact) mass is 342 g/mol. The lowest BCUT2D eigenvalue weighted by Gasteiger charge is -2.15. The van der Waals surface area contributed by atoms with E-state index in [-0.39, 0.29) is 6.04 Å². The molecular formula is C16H15BrN4. The Kier molecular flexibility index (Phi) is 4.01. The number of halogens is 1. The van der Waals surface area contributed by atoms with Gasteiger partial charge in [0.15, 0.2) is 0 Å². The number of nitrogens with one attached hydrogen (secondary N) is 1. The van der Waals surface area contributed by atoms with Crippen LogP contribution < -0.4 is 5.32 Å². The summed E-state index contributed by atoms with van der Waals surface area (Å²) in [5, 5.41) is 3.45. The number of hydrogen-bond donors (Lipinski definition) is 1. The molecule has 0 fully saturated rings.